The lowest BCUT2D eigenvalue weighted by molar-refractivity contribution is -0.153. The van der Waals surface area contributed by atoms with Crippen molar-refractivity contribution in [3.8, 4) is 6.07 Å². The van der Waals surface area contributed by atoms with Crippen LogP contribution in [0.5, 0.6) is 0 Å². The summed E-state index contributed by atoms with van der Waals surface area (Å²) >= 11 is 0. The maximum absolute atomic E-state index is 13.7. The Morgan fingerprint density at radius 3 is 2.68 bits per heavy atom. The molecule has 4 rings (SSSR count). The summed E-state index contributed by atoms with van der Waals surface area (Å²) in [5.74, 6) is -1.09. The molecule has 3 aromatic rings. The fourth-order valence-corrected chi connectivity index (χ4v) is 4.03. The largest absolute Gasteiger partial charge is 0.464 e. The zero-order valence-corrected chi connectivity index (χ0v) is 17.4. The first kappa shape index (κ1) is 20.2. The molecule has 0 saturated heterocycles. The minimum absolute atomic E-state index is 0.0178. The van der Waals surface area contributed by atoms with E-state index < -0.39 is 17.5 Å². The van der Waals surface area contributed by atoms with Crippen molar-refractivity contribution < 1.29 is 19.1 Å². The Hall–Kier alpha value is -4.06. The summed E-state index contributed by atoms with van der Waals surface area (Å²) in [5.41, 5.74) is -0.174. The van der Waals surface area contributed by atoms with Crippen LogP contribution in [0.4, 0.5) is 5.82 Å². The van der Waals surface area contributed by atoms with Gasteiger partial charge in [-0.3, -0.25) is 0 Å². The molecule has 0 aliphatic carbocycles. The van der Waals surface area contributed by atoms with Crippen LogP contribution in [0, 0.1) is 11.3 Å². The van der Waals surface area contributed by atoms with Gasteiger partial charge in [0.15, 0.2) is 0 Å². The van der Waals surface area contributed by atoms with Gasteiger partial charge in [0.1, 0.15) is 17.5 Å². The van der Waals surface area contributed by atoms with Crippen molar-refractivity contribution in [1.82, 2.24) is 14.3 Å². The zero-order chi connectivity index (χ0) is 22.2. The number of carbonyl (C=O) groups excluding carboxylic acids is 2. The second kappa shape index (κ2) is 7.65. The molecule has 0 bridgehead atoms. The van der Waals surface area contributed by atoms with E-state index in [0.29, 0.717) is 5.56 Å². The Kier molecular flexibility index (Phi) is 4.99. The number of fused-ring (bicyclic) bond motifs is 2. The molecule has 0 amide bonds. The second-order valence-electron chi connectivity index (χ2n) is 6.95. The number of aromatic nitrogens is 3. The molecule has 158 valence electrons. The maximum Gasteiger partial charge on any atom is 0.343 e. The van der Waals surface area contributed by atoms with Gasteiger partial charge in [-0.2, -0.15) is 10.4 Å². The molecule has 1 N–H and O–H groups in total. The highest BCUT2D eigenvalue weighted by molar-refractivity contribution is 6.06. The number of para-hydroxylation sites is 1. The van der Waals surface area contributed by atoms with Gasteiger partial charge in [0.05, 0.1) is 25.0 Å². The third-order valence-corrected chi connectivity index (χ3v) is 5.30. The topological polar surface area (TPSA) is 111 Å². The predicted octanol–water partition coefficient (Wildman–Crippen LogP) is 2.43. The molecule has 1 atom stereocenters. The van der Waals surface area contributed by atoms with Crippen LogP contribution in [-0.2, 0) is 31.6 Å². The smallest absolute Gasteiger partial charge is 0.343 e. The molecule has 1 aromatic carbocycles. The number of hydrogen-bond acceptors (Lipinski definition) is 7. The Bertz CT molecular complexity index is 1260. The molecule has 0 spiro atoms. The van der Waals surface area contributed by atoms with Crippen LogP contribution in [0.2, 0.25) is 0 Å². The van der Waals surface area contributed by atoms with E-state index in [-0.39, 0.29) is 30.2 Å². The van der Waals surface area contributed by atoms with Crippen molar-refractivity contribution in [3.63, 3.8) is 0 Å². The Balaban J connectivity index is 2.14. The number of nitrogens with zero attached hydrogens (tertiary/aromatic N) is 4. The van der Waals surface area contributed by atoms with Crippen molar-refractivity contribution in [3.05, 3.63) is 59.6 Å². The average Bonchev–Trinajstić information content (AvgIpc) is 3.35. The van der Waals surface area contributed by atoms with Crippen LogP contribution >= 0.6 is 0 Å². The van der Waals surface area contributed by atoms with Gasteiger partial charge in [-0.1, -0.05) is 18.2 Å². The minimum atomic E-state index is -1.78. The first-order valence-corrected chi connectivity index (χ1v) is 9.85. The molecule has 9 nitrogen and oxygen atoms in total. The van der Waals surface area contributed by atoms with Crippen molar-refractivity contribution in [2.24, 2.45) is 7.05 Å². The van der Waals surface area contributed by atoms with Crippen molar-refractivity contribution in [1.29, 1.82) is 5.26 Å². The fourth-order valence-electron chi connectivity index (χ4n) is 4.03. The normalized spacial score (nSPS) is 17.3. The number of nitriles is 1. The van der Waals surface area contributed by atoms with E-state index >= 15 is 0 Å². The Morgan fingerprint density at radius 1 is 1.23 bits per heavy atom. The van der Waals surface area contributed by atoms with Crippen molar-refractivity contribution in [2.45, 2.75) is 19.4 Å². The number of aryl methyl sites for hydroxylation is 1. The number of nitrogens with one attached hydrogen (secondary N) is 1. The molecule has 0 unspecified atom stereocenters. The number of esters is 2. The van der Waals surface area contributed by atoms with Crippen LogP contribution < -0.4 is 5.32 Å². The first-order valence-electron chi connectivity index (χ1n) is 9.85. The number of hydrogen-bond donors (Lipinski definition) is 1. The first-order chi connectivity index (χ1) is 15.0. The monoisotopic (exact) mass is 419 g/mol. The molecule has 3 heterocycles. The molecule has 31 heavy (non-hydrogen) atoms. The minimum Gasteiger partial charge on any atom is -0.464 e. The molecule has 0 saturated carbocycles. The Labute approximate surface area is 178 Å². The summed E-state index contributed by atoms with van der Waals surface area (Å²) in [6.07, 6.45) is 4.52. The highest BCUT2D eigenvalue weighted by atomic mass is 16.5. The molecular formula is C22H21N5O4. The van der Waals surface area contributed by atoms with E-state index in [1.54, 1.807) is 20.0 Å². The van der Waals surface area contributed by atoms with Crippen molar-refractivity contribution in [2.75, 3.05) is 18.5 Å². The SMILES string of the molecule is CCOC(=O)C1=CNc2c(C#N)cnn2[C@]1(C(=O)OCC)c1cn(C)c2ccccc12. The molecule has 1 aliphatic heterocycles. The van der Waals surface area contributed by atoms with Gasteiger partial charge in [0.2, 0.25) is 5.54 Å². The van der Waals surface area contributed by atoms with Gasteiger partial charge >= 0.3 is 11.9 Å². The molecule has 0 fully saturated rings. The Morgan fingerprint density at radius 2 is 1.97 bits per heavy atom. The van der Waals surface area contributed by atoms with Gasteiger partial charge in [-0.25, -0.2) is 14.3 Å². The summed E-state index contributed by atoms with van der Waals surface area (Å²) in [7, 11) is 1.85. The maximum atomic E-state index is 13.7. The van der Waals surface area contributed by atoms with E-state index in [9.17, 15) is 14.9 Å². The highest BCUT2D eigenvalue weighted by Crippen LogP contribution is 2.44. The summed E-state index contributed by atoms with van der Waals surface area (Å²) < 4.78 is 14.0. The predicted molar refractivity (Wildman–Crippen MR) is 112 cm³/mol. The van der Waals surface area contributed by atoms with E-state index in [2.05, 4.69) is 16.5 Å². The molecule has 2 aromatic heterocycles. The van der Waals surface area contributed by atoms with Crippen LogP contribution in [0.1, 0.15) is 25.0 Å². The molecule has 1 aliphatic rings. The van der Waals surface area contributed by atoms with E-state index in [0.717, 1.165) is 10.9 Å². The second-order valence-corrected chi connectivity index (χ2v) is 6.95. The van der Waals surface area contributed by atoms with Crippen molar-refractivity contribution >= 4 is 28.7 Å². The molecular weight excluding hydrogens is 398 g/mol. The number of anilines is 1. The number of ether oxygens (including phenoxy) is 2. The lowest BCUT2D eigenvalue weighted by atomic mass is 9.81. The standard InChI is InChI=1S/C22H21N5O4/c1-4-30-20(28)16-12-24-19-14(10-23)11-25-27(19)22(16,21(29)31-5-2)17-13-26(3)18-9-7-6-8-15(17)18/h6-9,11-13,24H,4-5H2,1-3H3/t22-/m0/s1. The molecule has 9 heteroatoms. The van der Waals surface area contributed by atoms with E-state index in [1.807, 2.05) is 35.9 Å². The lowest BCUT2D eigenvalue weighted by Crippen LogP contribution is -2.51. The number of carbonyl (C=O) groups is 2. The lowest BCUT2D eigenvalue weighted by Gasteiger charge is -2.36. The summed E-state index contributed by atoms with van der Waals surface area (Å²) in [6.45, 7) is 3.59. The summed E-state index contributed by atoms with van der Waals surface area (Å²) in [4.78, 5) is 26.8. The van der Waals surface area contributed by atoms with Gasteiger partial charge < -0.3 is 19.4 Å². The third kappa shape index (κ3) is 2.79. The van der Waals surface area contributed by atoms with E-state index in [1.165, 1.54) is 17.1 Å². The van der Waals surface area contributed by atoms with Crippen LogP contribution in [0.15, 0.2) is 48.4 Å². The van der Waals surface area contributed by atoms with Gasteiger partial charge in [0, 0.05) is 35.9 Å². The summed E-state index contributed by atoms with van der Waals surface area (Å²) in [5, 5.41) is 17.5. The third-order valence-electron chi connectivity index (χ3n) is 5.30. The van der Waals surface area contributed by atoms with Crippen LogP contribution in [0.3, 0.4) is 0 Å². The van der Waals surface area contributed by atoms with Gasteiger partial charge in [-0.15, -0.1) is 0 Å². The number of rotatable bonds is 5. The number of benzene rings is 1. The highest BCUT2D eigenvalue weighted by Gasteiger charge is 2.56. The van der Waals surface area contributed by atoms with Gasteiger partial charge in [-0.05, 0) is 19.9 Å². The fraction of sp³-hybridized carbons (Fsp3) is 0.273. The van der Waals surface area contributed by atoms with Gasteiger partial charge in [0.25, 0.3) is 0 Å². The summed E-state index contributed by atoms with van der Waals surface area (Å²) in [6, 6.07) is 9.58. The quantitative estimate of drug-likeness (QED) is 0.632. The average molecular weight is 419 g/mol. The van der Waals surface area contributed by atoms with E-state index in [4.69, 9.17) is 9.47 Å². The van der Waals surface area contributed by atoms with Crippen LogP contribution in [-0.4, -0.2) is 39.5 Å². The molecule has 0 radical (unpaired) electrons. The van der Waals surface area contributed by atoms with Crippen LogP contribution in [0.25, 0.3) is 10.9 Å². The zero-order valence-electron chi connectivity index (χ0n) is 17.4.